The monoisotopic (exact) mass is 287 g/mol. The van der Waals surface area contributed by atoms with E-state index in [-0.39, 0.29) is 0 Å². The summed E-state index contributed by atoms with van der Waals surface area (Å²) in [5.41, 5.74) is 2.08. The Morgan fingerprint density at radius 3 is 2.38 bits per heavy atom. The Hall–Kier alpha value is -2.36. The summed E-state index contributed by atoms with van der Waals surface area (Å²) in [7, 11) is 3.32. The summed E-state index contributed by atoms with van der Waals surface area (Å²) in [6.45, 7) is 3.25. The van der Waals surface area contributed by atoms with Crippen molar-refractivity contribution in [3.05, 3.63) is 48.0 Å². The van der Waals surface area contributed by atoms with Gasteiger partial charge in [-0.15, -0.1) is 0 Å². The van der Waals surface area contributed by atoms with Gasteiger partial charge in [0.25, 0.3) is 0 Å². The topological polar surface area (TPSA) is 39.7 Å². The van der Waals surface area contributed by atoms with Crippen LogP contribution in [0.1, 0.15) is 12.5 Å². The lowest BCUT2D eigenvalue weighted by Gasteiger charge is -2.13. The van der Waals surface area contributed by atoms with E-state index >= 15 is 0 Å². The highest BCUT2D eigenvalue weighted by Gasteiger charge is 2.06. The summed E-state index contributed by atoms with van der Waals surface area (Å²) in [6.07, 6.45) is 0. The van der Waals surface area contributed by atoms with Crippen LogP contribution in [-0.4, -0.2) is 20.8 Å². The molecule has 0 spiro atoms. The van der Waals surface area contributed by atoms with Crippen molar-refractivity contribution in [3.63, 3.8) is 0 Å². The lowest BCUT2D eigenvalue weighted by molar-refractivity contribution is 0.311. The van der Waals surface area contributed by atoms with Crippen LogP contribution in [-0.2, 0) is 6.54 Å². The molecular weight excluding hydrogens is 266 g/mol. The Kier molecular flexibility index (Phi) is 5.32. The first-order valence-corrected chi connectivity index (χ1v) is 6.95. The zero-order chi connectivity index (χ0) is 15.1. The minimum atomic E-state index is 0.615. The number of para-hydroxylation sites is 1. The molecule has 0 aliphatic rings. The van der Waals surface area contributed by atoms with Crippen LogP contribution < -0.4 is 19.5 Å². The third-order valence-corrected chi connectivity index (χ3v) is 3.14. The van der Waals surface area contributed by atoms with Crippen molar-refractivity contribution in [2.75, 3.05) is 26.1 Å². The standard InChI is InChI=1S/C17H21NO3/c1-4-21-16-10-9-14(11-17(16)20-3)18-12-13-7-5-6-8-15(13)19-2/h5-11,18H,4,12H2,1-3H3. The average Bonchev–Trinajstić information content (AvgIpc) is 2.54. The van der Waals surface area contributed by atoms with E-state index in [0.29, 0.717) is 13.2 Å². The number of benzene rings is 2. The Labute approximate surface area is 125 Å². The summed E-state index contributed by atoms with van der Waals surface area (Å²) in [5.74, 6) is 2.35. The van der Waals surface area contributed by atoms with Crippen LogP contribution in [0.25, 0.3) is 0 Å². The van der Waals surface area contributed by atoms with Crippen LogP contribution >= 0.6 is 0 Å². The molecule has 0 aliphatic heterocycles. The van der Waals surface area contributed by atoms with E-state index in [4.69, 9.17) is 14.2 Å². The predicted molar refractivity (Wildman–Crippen MR) is 84.5 cm³/mol. The largest absolute Gasteiger partial charge is 0.496 e. The highest BCUT2D eigenvalue weighted by molar-refractivity contribution is 5.55. The van der Waals surface area contributed by atoms with E-state index in [0.717, 1.165) is 28.5 Å². The molecule has 2 aromatic carbocycles. The maximum atomic E-state index is 5.51. The highest BCUT2D eigenvalue weighted by atomic mass is 16.5. The van der Waals surface area contributed by atoms with Gasteiger partial charge < -0.3 is 19.5 Å². The molecule has 0 aromatic heterocycles. The van der Waals surface area contributed by atoms with E-state index in [1.165, 1.54) is 0 Å². The number of hydrogen-bond donors (Lipinski definition) is 1. The molecule has 0 saturated carbocycles. The maximum Gasteiger partial charge on any atom is 0.162 e. The SMILES string of the molecule is CCOc1ccc(NCc2ccccc2OC)cc1OC. The summed E-state index contributed by atoms with van der Waals surface area (Å²) >= 11 is 0. The van der Waals surface area contributed by atoms with Crippen LogP contribution in [0.4, 0.5) is 5.69 Å². The molecule has 0 fully saturated rings. The summed E-state index contributed by atoms with van der Waals surface area (Å²) in [5, 5.41) is 3.36. The van der Waals surface area contributed by atoms with Crippen LogP contribution in [0.5, 0.6) is 17.2 Å². The van der Waals surface area contributed by atoms with Crippen LogP contribution in [0, 0.1) is 0 Å². The second-order valence-corrected chi connectivity index (χ2v) is 4.46. The van der Waals surface area contributed by atoms with Crippen molar-refractivity contribution >= 4 is 5.69 Å². The normalized spacial score (nSPS) is 10.0. The third kappa shape index (κ3) is 3.81. The number of nitrogens with one attached hydrogen (secondary N) is 1. The van der Waals surface area contributed by atoms with Gasteiger partial charge in [0.2, 0.25) is 0 Å². The van der Waals surface area contributed by atoms with E-state index in [2.05, 4.69) is 5.32 Å². The molecule has 0 heterocycles. The number of methoxy groups -OCH3 is 2. The first-order valence-electron chi connectivity index (χ1n) is 6.95. The minimum Gasteiger partial charge on any atom is -0.496 e. The average molecular weight is 287 g/mol. The minimum absolute atomic E-state index is 0.615. The van der Waals surface area contributed by atoms with E-state index in [1.807, 2.05) is 49.4 Å². The molecule has 0 aliphatic carbocycles. The fourth-order valence-electron chi connectivity index (χ4n) is 2.10. The molecule has 0 atom stereocenters. The quantitative estimate of drug-likeness (QED) is 0.842. The Balaban J connectivity index is 2.09. The van der Waals surface area contributed by atoms with Gasteiger partial charge in [0, 0.05) is 23.9 Å². The predicted octanol–water partition coefficient (Wildman–Crippen LogP) is 3.71. The van der Waals surface area contributed by atoms with E-state index in [1.54, 1.807) is 14.2 Å². The fraction of sp³-hybridized carbons (Fsp3) is 0.294. The fourth-order valence-corrected chi connectivity index (χ4v) is 2.10. The van der Waals surface area contributed by atoms with Gasteiger partial charge in [-0.25, -0.2) is 0 Å². The lowest BCUT2D eigenvalue weighted by Crippen LogP contribution is -2.02. The van der Waals surface area contributed by atoms with Crippen molar-refractivity contribution in [1.82, 2.24) is 0 Å². The second kappa shape index (κ2) is 7.43. The number of hydrogen-bond acceptors (Lipinski definition) is 4. The van der Waals surface area contributed by atoms with Gasteiger partial charge in [0.05, 0.1) is 20.8 Å². The van der Waals surface area contributed by atoms with Crippen molar-refractivity contribution in [1.29, 1.82) is 0 Å². The van der Waals surface area contributed by atoms with Crippen molar-refractivity contribution < 1.29 is 14.2 Å². The van der Waals surface area contributed by atoms with E-state index < -0.39 is 0 Å². The van der Waals surface area contributed by atoms with Gasteiger partial charge in [-0.3, -0.25) is 0 Å². The van der Waals surface area contributed by atoms with Gasteiger partial charge in [-0.05, 0) is 25.1 Å². The number of ether oxygens (including phenoxy) is 3. The third-order valence-electron chi connectivity index (χ3n) is 3.14. The molecule has 0 unspecified atom stereocenters. The summed E-state index contributed by atoms with van der Waals surface area (Å²) in [6, 6.07) is 13.8. The van der Waals surface area contributed by atoms with Crippen LogP contribution in [0.3, 0.4) is 0 Å². The summed E-state index contributed by atoms with van der Waals surface area (Å²) < 4.78 is 16.2. The van der Waals surface area contributed by atoms with Gasteiger partial charge in [-0.2, -0.15) is 0 Å². The molecule has 21 heavy (non-hydrogen) atoms. The van der Waals surface area contributed by atoms with Gasteiger partial charge in [-0.1, -0.05) is 18.2 Å². The molecule has 112 valence electrons. The highest BCUT2D eigenvalue weighted by Crippen LogP contribution is 2.30. The Bertz CT molecular complexity index is 584. The van der Waals surface area contributed by atoms with Crippen molar-refractivity contribution in [2.24, 2.45) is 0 Å². The number of anilines is 1. The lowest BCUT2D eigenvalue weighted by atomic mass is 10.2. The van der Waals surface area contributed by atoms with Crippen LogP contribution in [0.15, 0.2) is 42.5 Å². The van der Waals surface area contributed by atoms with Crippen molar-refractivity contribution in [3.8, 4) is 17.2 Å². The molecule has 0 saturated heterocycles. The Morgan fingerprint density at radius 1 is 0.905 bits per heavy atom. The molecule has 2 aromatic rings. The van der Waals surface area contributed by atoms with Gasteiger partial charge in [0.1, 0.15) is 5.75 Å². The van der Waals surface area contributed by atoms with Gasteiger partial charge in [0.15, 0.2) is 11.5 Å². The molecule has 4 heteroatoms. The maximum absolute atomic E-state index is 5.51. The number of rotatable bonds is 7. The molecule has 0 amide bonds. The summed E-state index contributed by atoms with van der Waals surface area (Å²) in [4.78, 5) is 0. The smallest absolute Gasteiger partial charge is 0.162 e. The first kappa shape index (κ1) is 15.0. The molecule has 4 nitrogen and oxygen atoms in total. The van der Waals surface area contributed by atoms with Gasteiger partial charge >= 0.3 is 0 Å². The van der Waals surface area contributed by atoms with Crippen LogP contribution in [0.2, 0.25) is 0 Å². The molecule has 0 radical (unpaired) electrons. The Morgan fingerprint density at radius 2 is 1.67 bits per heavy atom. The van der Waals surface area contributed by atoms with E-state index in [9.17, 15) is 0 Å². The zero-order valence-electron chi connectivity index (χ0n) is 12.7. The molecule has 1 N–H and O–H groups in total. The molecule has 2 rings (SSSR count). The molecule has 0 bridgehead atoms. The van der Waals surface area contributed by atoms with Crippen molar-refractivity contribution in [2.45, 2.75) is 13.5 Å². The molecular formula is C17H21NO3. The first-order chi connectivity index (χ1) is 10.3. The second-order valence-electron chi connectivity index (χ2n) is 4.46. The zero-order valence-corrected chi connectivity index (χ0v) is 12.7.